The van der Waals surface area contributed by atoms with Crippen LogP contribution in [0.1, 0.15) is 25.2 Å². The molecule has 0 fully saturated rings. The smallest absolute Gasteiger partial charge is 0.241 e. The molecule has 102 valence electrons. The summed E-state index contributed by atoms with van der Waals surface area (Å²) in [4.78, 5) is 11.7. The lowest BCUT2D eigenvalue weighted by Crippen LogP contribution is -2.36. The normalized spacial score (nSPS) is 12.8. The fourth-order valence-electron chi connectivity index (χ4n) is 1.48. The molecule has 1 atom stereocenters. The maximum absolute atomic E-state index is 11.7. The lowest BCUT2D eigenvalue weighted by atomic mass is 10.1. The highest BCUT2D eigenvalue weighted by Gasteiger charge is 2.14. The van der Waals surface area contributed by atoms with Crippen molar-refractivity contribution in [3.8, 4) is 0 Å². The number of carbonyl (C=O) groups excluding carboxylic acids is 1. The molecule has 1 rings (SSSR count). The van der Waals surface area contributed by atoms with Gasteiger partial charge in [0, 0.05) is 6.54 Å². The van der Waals surface area contributed by atoms with E-state index < -0.39 is 6.10 Å². The van der Waals surface area contributed by atoms with Crippen LogP contribution in [-0.2, 0) is 11.3 Å². The van der Waals surface area contributed by atoms with Crippen molar-refractivity contribution in [1.29, 1.82) is 0 Å². The Morgan fingerprint density at radius 2 is 2.11 bits per heavy atom. The number of carbonyl (C=O) groups is 1. The Labute approximate surface area is 112 Å². The highest BCUT2D eigenvalue weighted by molar-refractivity contribution is 6.31. The number of nitrogens with one attached hydrogen (secondary N) is 1. The first-order chi connectivity index (χ1) is 8.32. The largest absolute Gasteiger partial charge is 0.391 e. The van der Waals surface area contributed by atoms with Crippen LogP contribution >= 0.6 is 11.6 Å². The van der Waals surface area contributed by atoms with Gasteiger partial charge in [-0.05, 0) is 19.8 Å². The molecule has 1 aromatic heterocycles. The number of aliphatic hydroxyl groups is 1. The zero-order valence-corrected chi connectivity index (χ0v) is 12.0. The fourth-order valence-corrected chi connectivity index (χ4v) is 1.61. The minimum atomic E-state index is -0.530. The van der Waals surface area contributed by atoms with Crippen LogP contribution in [0.5, 0.6) is 0 Å². The molecule has 0 aliphatic carbocycles. The molecular weight excluding hydrogens is 254 g/mol. The second-order valence-corrected chi connectivity index (χ2v) is 5.14. The van der Waals surface area contributed by atoms with Gasteiger partial charge in [-0.1, -0.05) is 25.4 Å². The van der Waals surface area contributed by atoms with Gasteiger partial charge in [-0.25, -0.2) is 0 Å². The number of aromatic nitrogens is 2. The van der Waals surface area contributed by atoms with Gasteiger partial charge >= 0.3 is 0 Å². The van der Waals surface area contributed by atoms with E-state index in [-0.39, 0.29) is 24.9 Å². The number of aryl methyl sites for hydroxylation is 1. The predicted molar refractivity (Wildman–Crippen MR) is 70.6 cm³/mol. The summed E-state index contributed by atoms with van der Waals surface area (Å²) in [5.41, 5.74) is 1.48. The van der Waals surface area contributed by atoms with Gasteiger partial charge in [-0.3, -0.25) is 9.48 Å². The monoisotopic (exact) mass is 273 g/mol. The van der Waals surface area contributed by atoms with Crippen LogP contribution in [0.15, 0.2) is 0 Å². The Kier molecular flexibility index (Phi) is 5.16. The summed E-state index contributed by atoms with van der Waals surface area (Å²) in [5.74, 6) is -0.0644. The molecule has 18 heavy (non-hydrogen) atoms. The summed E-state index contributed by atoms with van der Waals surface area (Å²) in [6.07, 6.45) is -0.530. The van der Waals surface area contributed by atoms with Gasteiger partial charge in [-0.15, -0.1) is 0 Å². The van der Waals surface area contributed by atoms with E-state index >= 15 is 0 Å². The quantitative estimate of drug-likeness (QED) is 0.849. The summed E-state index contributed by atoms with van der Waals surface area (Å²) in [6.45, 7) is 7.79. The molecule has 6 heteroatoms. The minimum Gasteiger partial charge on any atom is -0.391 e. The van der Waals surface area contributed by atoms with Gasteiger partial charge in [0.2, 0.25) is 5.91 Å². The van der Waals surface area contributed by atoms with E-state index in [0.717, 1.165) is 5.69 Å². The molecule has 0 saturated heterocycles. The molecule has 2 N–H and O–H groups in total. The standard InChI is InChI=1S/C12H20ClN3O2/c1-7(2)10(17)5-14-11(18)6-16-9(4)12(13)8(3)15-16/h7,10,17H,5-6H2,1-4H3,(H,14,18). The highest BCUT2D eigenvalue weighted by atomic mass is 35.5. The fraction of sp³-hybridized carbons (Fsp3) is 0.667. The Hall–Kier alpha value is -1.07. The van der Waals surface area contributed by atoms with Crippen molar-refractivity contribution >= 4 is 17.5 Å². The summed E-state index contributed by atoms with van der Waals surface area (Å²) < 4.78 is 1.56. The molecule has 1 amide bonds. The van der Waals surface area contributed by atoms with E-state index in [2.05, 4.69) is 10.4 Å². The van der Waals surface area contributed by atoms with Gasteiger partial charge < -0.3 is 10.4 Å². The lowest BCUT2D eigenvalue weighted by molar-refractivity contribution is -0.122. The van der Waals surface area contributed by atoms with Crippen molar-refractivity contribution in [3.05, 3.63) is 16.4 Å². The van der Waals surface area contributed by atoms with Gasteiger partial charge in [-0.2, -0.15) is 5.10 Å². The molecular formula is C12H20ClN3O2. The molecule has 0 aliphatic rings. The molecule has 1 heterocycles. The van der Waals surface area contributed by atoms with Crippen LogP contribution in [-0.4, -0.2) is 33.4 Å². The van der Waals surface area contributed by atoms with Crippen molar-refractivity contribution in [2.75, 3.05) is 6.54 Å². The Balaban J connectivity index is 2.52. The summed E-state index contributed by atoms with van der Waals surface area (Å²) in [5, 5.41) is 17.0. The number of aliphatic hydroxyl groups excluding tert-OH is 1. The minimum absolute atomic E-state index is 0.115. The highest BCUT2D eigenvalue weighted by Crippen LogP contribution is 2.18. The Morgan fingerprint density at radius 3 is 2.56 bits per heavy atom. The third-order valence-electron chi connectivity index (χ3n) is 2.86. The zero-order chi connectivity index (χ0) is 13.9. The first kappa shape index (κ1) is 15.0. The first-order valence-corrected chi connectivity index (χ1v) is 6.35. The molecule has 0 radical (unpaired) electrons. The average Bonchev–Trinajstić information content (AvgIpc) is 2.54. The maximum atomic E-state index is 11.7. The van der Waals surface area contributed by atoms with E-state index in [1.807, 2.05) is 20.8 Å². The molecule has 1 unspecified atom stereocenters. The van der Waals surface area contributed by atoms with E-state index in [1.54, 1.807) is 11.6 Å². The molecule has 1 aromatic rings. The number of halogens is 1. The third-order valence-corrected chi connectivity index (χ3v) is 3.41. The Bertz CT molecular complexity index is 429. The summed E-state index contributed by atoms with van der Waals surface area (Å²) in [6, 6.07) is 0. The number of rotatable bonds is 5. The average molecular weight is 274 g/mol. The van der Waals surface area contributed by atoms with Crippen LogP contribution in [0.3, 0.4) is 0 Å². The third kappa shape index (κ3) is 3.71. The van der Waals surface area contributed by atoms with Crippen molar-refractivity contribution in [2.24, 2.45) is 5.92 Å². The van der Waals surface area contributed by atoms with Crippen molar-refractivity contribution in [2.45, 2.75) is 40.3 Å². The van der Waals surface area contributed by atoms with Gasteiger partial charge in [0.05, 0.1) is 22.5 Å². The SMILES string of the molecule is Cc1nn(CC(=O)NCC(O)C(C)C)c(C)c1Cl. The predicted octanol–water partition coefficient (Wildman–Crippen LogP) is 1.29. The lowest BCUT2D eigenvalue weighted by Gasteiger charge is -2.15. The zero-order valence-electron chi connectivity index (χ0n) is 11.2. The van der Waals surface area contributed by atoms with Crippen LogP contribution < -0.4 is 5.32 Å². The van der Waals surface area contributed by atoms with E-state index in [9.17, 15) is 9.90 Å². The number of nitrogens with zero attached hydrogens (tertiary/aromatic N) is 2. The molecule has 0 bridgehead atoms. The summed E-state index contributed by atoms with van der Waals surface area (Å²) >= 11 is 6.00. The van der Waals surface area contributed by atoms with Crippen molar-refractivity contribution < 1.29 is 9.90 Å². The van der Waals surface area contributed by atoms with Crippen LogP contribution in [0.25, 0.3) is 0 Å². The van der Waals surface area contributed by atoms with Crippen LogP contribution in [0.4, 0.5) is 0 Å². The second kappa shape index (κ2) is 6.20. The topological polar surface area (TPSA) is 67.2 Å². The van der Waals surface area contributed by atoms with Crippen LogP contribution in [0.2, 0.25) is 5.02 Å². The van der Waals surface area contributed by atoms with Gasteiger partial charge in [0.1, 0.15) is 6.54 Å². The molecule has 0 aliphatic heterocycles. The van der Waals surface area contributed by atoms with E-state index in [1.165, 1.54) is 0 Å². The summed E-state index contributed by atoms with van der Waals surface area (Å²) in [7, 11) is 0. The molecule has 5 nitrogen and oxygen atoms in total. The van der Waals surface area contributed by atoms with Gasteiger partial charge in [0.25, 0.3) is 0 Å². The van der Waals surface area contributed by atoms with Crippen molar-refractivity contribution in [1.82, 2.24) is 15.1 Å². The van der Waals surface area contributed by atoms with Gasteiger partial charge in [0.15, 0.2) is 0 Å². The van der Waals surface area contributed by atoms with E-state index in [4.69, 9.17) is 11.6 Å². The van der Waals surface area contributed by atoms with E-state index in [0.29, 0.717) is 10.7 Å². The number of hydrogen-bond acceptors (Lipinski definition) is 3. The molecule has 0 spiro atoms. The molecule has 0 saturated carbocycles. The molecule has 0 aromatic carbocycles. The maximum Gasteiger partial charge on any atom is 0.241 e. The number of hydrogen-bond donors (Lipinski definition) is 2. The van der Waals surface area contributed by atoms with Crippen LogP contribution in [0, 0.1) is 19.8 Å². The number of amides is 1. The first-order valence-electron chi connectivity index (χ1n) is 5.97. The Morgan fingerprint density at radius 1 is 1.50 bits per heavy atom. The second-order valence-electron chi connectivity index (χ2n) is 4.76. The van der Waals surface area contributed by atoms with Crippen molar-refractivity contribution in [3.63, 3.8) is 0 Å².